The summed E-state index contributed by atoms with van der Waals surface area (Å²) in [7, 11) is 0. The number of hydrogen-bond acceptors (Lipinski definition) is 5. The molecule has 3 aromatic heterocycles. The lowest BCUT2D eigenvalue weighted by Gasteiger charge is -2.17. The molecular formula is C18H19ClN4O3S. The Hall–Kier alpha value is -2.45. The Morgan fingerprint density at radius 1 is 1.33 bits per heavy atom. The fraction of sp³-hybridized carbons (Fsp3) is 0.278. The maximum Gasteiger partial charge on any atom is 0.287 e. The van der Waals surface area contributed by atoms with Crippen LogP contribution in [0.15, 0.2) is 47.3 Å². The Kier molecular flexibility index (Phi) is 6.41. The average molecular weight is 407 g/mol. The molecular weight excluding hydrogens is 388 g/mol. The molecule has 27 heavy (non-hydrogen) atoms. The molecule has 1 unspecified atom stereocenters. The standard InChI is InChI=1S/C18H19ClN4O3S/c1-27-8-6-14(22-18(25)15-3-2-7-26-15)17(24)20-9-13-11-23-10-12(19)4-5-16(23)21-13/h2-5,7,10-11,14H,6,8-9H2,1H3,(H,20,24)(H,22,25). The number of carbonyl (C=O) groups excluding carboxylic acids is 2. The minimum absolute atomic E-state index is 0.175. The van der Waals surface area contributed by atoms with Crippen LogP contribution in [0.5, 0.6) is 0 Å². The number of imidazole rings is 1. The Morgan fingerprint density at radius 3 is 2.93 bits per heavy atom. The minimum Gasteiger partial charge on any atom is -0.459 e. The van der Waals surface area contributed by atoms with Crippen molar-refractivity contribution in [2.75, 3.05) is 12.0 Å². The number of hydrogen-bond donors (Lipinski definition) is 2. The zero-order valence-corrected chi connectivity index (χ0v) is 16.2. The SMILES string of the molecule is CSCCC(NC(=O)c1ccco1)C(=O)NCc1cn2cc(Cl)ccc2n1. The van der Waals surface area contributed by atoms with E-state index < -0.39 is 11.9 Å². The molecule has 0 spiro atoms. The molecule has 3 heterocycles. The van der Waals surface area contributed by atoms with Crippen LogP contribution in [0.4, 0.5) is 0 Å². The lowest BCUT2D eigenvalue weighted by Crippen LogP contribution is -2.46. The van der Waals surface area contributed by atoms with Crippen LogP contribution in [-0.4, -0.2) is 39.2 Å². The molecule has 1 atom stereocenters. The van der Waals surface area contributed by atoms with E-state index in [1.54, 1.807) is 52.8 Å². The first-order valence-corrected chi connectivity index (χ1v) is 10.1. The molecule has 2 amide bonds. The number of nitrogens with zero attached hydrogens (tertiary/aromatic N) is 2. The van der Waals surface area contributed by atoms with Gasteiger partial charge in [-0.05, 0) is 42.7 Å². The van der Waals surface area contributed by atoms with E-state index in [1.165, 1.54) is 6.26 Å². The monoisotopic (exact) mass is 406 g/mol. The first-order valence-electron chi connectivity index (χ1n) is 8.31. The van der Waals surface area contributed by atoms with Gasteiger partial charge in [-0.2, -0.15) is 11.8 Å². The van der Waals surface area contributed by atoms with Crippen LogP contribution < -0.4 is 10.6 Å². The lowest BCUT2D eigenvalue weighted by atomic mass is 10.2. The Labute approximate surface area is 165 Å². The van der Waals surface area contributed by atoms with Crippen molar-refractivity contribution in [3.05, 3.63) is 59.4 Å². The van der Waals surface area contributed by atoms with Crippen molar-refractivity contribution < 1.29 is 14.0 Å². The maximum atomic E-state index is 12.6. The molecule has 0 saturated carbocycles. The van der Waals surface area contributed by atoms with Crippen LogP contribution in [-0.2, 0) is 11.3 Å². The highest BCUT2D eigenvalue weighted by Crippen LogP contribution is 2.12. The second kappa shape index (κ2) is 8.96. The quantitative estimate of drug-likeness (QED) is 0.600. The van der Waals surface area contributed by atoms with E-state index >= 15 is 0 Å². The van der Waals surface area contributed by atoms with E-state index in [0.717, 1.165) is 11.4 Å². The molecule has 0 aromatic carbocycles. The van der Waals surface area contributed by atoms with Gasteiger partial charge in [0.1, 0.15) is 11.7 Å². The van der Waals surface area contributed by atoms with E-state index in [2.05, 4.69) is 15.6 Å². The zero-order valence-electron chi connectivity index (χ0n) is 14.6. The molecule has 0 fully saturated rings. The van der Waals surface area contributed by atoms with E-state index in [4.69, 9.17) is 16.0 Å². The van der Waals surface area contributed by atoms with E-state index in [9.17, 15) is 9.59 Å². The van der Waals surface area contributed by atoms with Crippen LogP contribution in [0.25, 0.3) is 5.65 Å². The van der Waals surface area contributed by atoms with Crippen LogP contribution >= 0.6 is 23.4 Å². The summed E-state index contributed by atoms with van der Waals surface area (Å²) in [5.41, 5.74) is 1.44. The number of carbonyl (C=O) groups is 2. The van der Waals surface area contributed by atoms with Gasteiger partial charge in [-0.15, -0.1) is 0 Å². The summed E-state index contributed by atoms with van der Waals surface area (Å²) in [5, 5.41) is 6.16. The highest BCUT2D eigenvalue weighted by atomic mass is 35.5. The predicted octanol–water partition coefficient (Wildman–Crippen LogP) is 2.75. The second-order valence-electron chi connectivity index (χ2n) is 5.85. The van der Waals surface area contributed by atoms with Gasteiger partial charge >= 0.3 is 0 Å². The van der Waals surface area contributed by atoms with Gasteiger partial charge in [0.15, 0.2) is 5.76 Å². The number of nitrogens with one attached hydrogen (secondary N) is 2. The number of pyridine rings is 1. The Morgan fingerprint density at radius 2 is 2.19 bits per heavy atom. The van der Waals surface area contributed by atoms with Crippen LogP contribution in [0.2, 0.25) is 5.02 Å². The Bertz CT molecular complexity index is 926. The van der Waals surface area contributed by atoms with Gasteiger partial charge in [-0.1, -0.05) is 11.6 Å². The van der Waals surface area contributed by atoms with Gasteiger partial charge in [0.05, 0.1) is 23.5 Å². The van der Waals surface area contributed by atoms with Gasteiger partial charge in [-0.25, -0.2) is 4.98 Å². The lowest BCUT2D eigenvalue weighted by molar-refractivity contribution is -0.123. The molecule has 0 bridgehead atoms. The van der Waals surface area contributed by atoms with Gasteiger partial charge < -0.3 is 19.5 Å². The molecule has 2 N–H and O–H groups in total. The topological polar surface area (TPSA) is 88.6 Å². The zero-order chi connectivity index (χ0) is 19.2. The van der Waals surface area contributed by atoms with Crippen molar-refractivity contribution in [1.29, 1.82) is 0 Å². The number of amides is 2. The third-order valence-electron chi connectivity index (χ3n) is 3.89. The summed E-state index contributed by atoms with van der Waals surface area (Å²) in [4.78, 5) is 29.2. The maximum absolute atomic E-state index is 12.6. The molecule has 0 aliphatic carbocycles. The number of thioether (sulfide) groups is 1. The van der Waals surface area contributed by atoms with Crippen molar-refractivity contribution in [2.45, 2.75) is 19.0 Å². The molecule has 0 radical (unpaired) electrons. The molecule has 0 aliphatic heterocycles. The van der Waals surface area contributed by atoms with Gasteiger partial charge in [0, 0.05) is 12.4 Å². The van der Waals surface area contributed by atoms with E-state index in [1.807, 2.05) is 6.26 Å². The van der Waals surface area contributed by atoms with E-state index in [0.29, 0.717) is 17.1 Å². The molecule has 3 aromatic rings. The third kappa shape index (κ3) is 5.05. The summed E-state index contributed by atoms with van der Waals surface area (Å²) >= 11 is 7.58. The summed E-state index contributed by atoms with van der Waals surface area (Å²) < 4.78 is 6.88. The molecule has 9 heteroatoms. The minimum atomic E-state index is -0.651. The fourth-order valence-corrected chi connectivity index (χ4v) is 3.18. The molecule has 0 aliphatic rings. The fourth-order valence-electron chi connectivity index (χ4n) is 2.54. The number of furan rings is 1. The first-order chi connectivity index (χ1) is 13.1. The third-order valence-corrected chi connectivity index (χ3v) is 4.75. The highest BCUT2D eigenvalue weighted by Gasteiger charge is 2.22. The van der Waals surface area contributed by atoms with Crippen LogP contribution in [0, 0.1) is 0 Å². The molecule has 7 nitrogen and oxygen atoms in total. The number of aromatic nitrogens is 2. The highest BCUT2D eigenvalue weighted by molar-refractivity contribution is 7.98. The van der Waals surface area contributed by atoms with Crippen molar-refractivity contribution in [1.82, 2.24) is 20.0 Å². The second-order valence-corrected chi connectivity index (χ2v) is 7.27. The van der Waals surface area contributed by atoms with Crippen molar-refractivity contribution in [2.24, 2.45) is 0 Å². The van der Waals surface area contributed by atoms with Crippen LogP contribution in [0.3, 0.4) is 0 Å². The smallest absolute Gasteiger partial charge is 0.287 e. The van der Waals surface area contributed by atoms with Crippen molar-refractivity contribution >= 4 is 40.8 Å². The normalized spacial score (nSPS) is 12.1. The molecule has 142 valence electrons. The molecule has 0 saturated heterocycles. The average Bonchev–Trinajstić information content (AvgIpc) is 3.32. The first kappa shape index (κ1) is 19.3. The number of halogens is 1. The van der Waals surface area contributed by atoms with Crippen molar-refractivity contribution in [3.63, 3.8) is 0 Å². The largest absolute Gasteiger partial charge is 0.459 e. The predicted molar refractivity (Wildman–Crippen MR) is 105 cm³/mol. The van der Waals surface area contributed by atoms with Gasteiger partial charge in [0.2, 0.25) is 5.91 Å². The summed E-state index contributed by atoms with van der Waals surface area (Å²) in [5.74, 6) is 0.237. The van der Waals surface area contributed by atoms with Gasteiger partial charge in [-0.3, -0.25) is 9.59 Å². The Balaban J connectivity index is 1.63. The van der Waals surface area contributed by atoms with Gasteiger partial charge in [0.25, 0.3) is 5.91 Å². The summed E-state index contributed by atoms with van der Waals surface area (Å²) in [6, 6.07) is 6.09. The number of rotatable bonds is 8. The van der Waals surface area contributed by atoms with E-state index in [-0.39, 0.29) is 18.2 Å². The summed E-state index contributed by atoms with van der Waals surface area (Å²) in [6.07, 6.45) is 7.44. The van der Waals surface area contributed by atoms with Crippen LogP contribution in [0.1, 0.15) is 22.7 Å². The number of fused-ring (bicyclic) bond motifs is 1. The van der Waals surface area contributed by atoms with Crippen molar-refractivity contribution in [3.8, 4) is 0 Å². The summed E-state index contributed by atoms with van der Waals surface area (Å²) in [6.45, 7) is 0.254. The molecule has 3 rings (SSSR count).